The van der Waals surface area contributed by atoms with Gasteiger partial charge < -0.3 is 4.74 Å². The maximum Gasteiger partial charge on any atom is 0.216 e. The highest BCUT2D eigenvalue weighted by atomic mass is 19.1. The summed E-state index contributed by atoms with van der Waals surface area (Å²) in [4.78, 5) is 4.07. The van der Waals surface area contributed by atoms with E-state index in [4.69, 9.17) is 4.74 Å². The zero-order chi connectivity index (χ0) is 8.39. The van der Waals surface area contributed by atoms with Gasteiger partial charge in [0.1, 0.15) is 12.4 Å². The van der Waals surface area contributed by atoms with E-state index in [9.17, 15) is 4.39 Å². The molecule has 1 aliphatic heterocycles. The monoisotopic (exact) mass is 165 g/mol. The molecule has 3 heteroatoms. The number of ether oxygens (including phenoxy) is 1. The Labute approximate surface area is 69.7 Å². The van der Waals surface area contributed by atoms with Gasteiger partial charge in [-0.15, -0.1) is 0 Å². The van der Waals surface area contributed by atoms with Crippen molar-refractivity contribution in [2.45, 2.75) is 0 Å². The molecule has 0 radical (unpaired) electrons. The number of hydrogen-bond acceptors (Lipinski definition) is 2. The van der Waals surface area contributed by atoms with Crippen molar-refractivity contribution >= 4 is 5.90 Å². The van der Waals surface area contributed by atoms with E-state index in [0.29, 0.717) is 24.6 Å². The lowest BCUT2D eigenvalue weighted by atomic mass is 10.2. The lowest BCUT2D eigenvalue weighted by Crippen LogP contribution is -2.00. The van der Waals surface area contributed by atoms with Crippen molar-refractivity contribution < 1.29 is 9.13 Å². The minimum absolute atomic E-state index is 0.259. The number of hydrogen-bond donors (Lipinski definition) is 0. The Balaban J connectivity index is 2.33. The third-order valence-corrected chi connectivity index (χ3v) is 1.66. The van der Waals surface area contributed by atoms with Crippen molar-refractivity contribution in [3.63, 3.8) is 0 Å². The van der Waals surface area contributed by atoms with Crippen LogP contribution in [0.4, 0.5) is 4.39 Å². The van der Waals surface area contributed by atoms with Crippen LogP contribution in [0.5, 0.6) is 0 Å². The quantitative estimate of drug-likeness (QED) is 0.619. The maximum atomic E-state index is 12.7. The average Bonchev–Trinajstić information content (AvgIpc) is 2.56. The predicted molar refractivity (Wildman–Crippen MR) is 43.8 cm³/mol. The molecular formula is C9H8FNO. The van der Waals surface area contributed by atoms with Crippen LogP contribution in [0.2, 0.25) is 0 Å². The molecule has 0 saturated carbocycles. The zero-order valence-electron chi connectivity index (χ0n) is 6.46. The normalized spacial score (nSPS) is 15.6. The zero-order valence-corrected chi connectivity index (χ0v) is 6.46. The van der Waals surface area contributed by atoms with Crippen LogP contribution >= 0.6 is 0 Å². The molecule has 0 aromatic heterocycles. The Bertz CT molecular complexity index is 322. The molecule has 0 aliphatic carbocycles. The summed E-state index contributed by atoms with van der Waals surface area (Å²) in [6.07, 6.45) is 0. The van der Waals surface area contributed by atoms with Gasteiger partial charge in [-0.3, -0.25) is 0 Å². The molecule has 0 spiro atoms. The molecule has 1 aliphatic rings. The summed E-state index contributed by atoms with van der Waals surface area (Å²) in [5.41, 5.74) is 0.715. The van der Waals surface area contributed by atoms with Gasteiger partial charge in [0.25, 0.3) is 0 Å². The molecule has 62 valence electrons. The van der Waals surface area contributed by atoms with Gasteiger partial charge in [0.15, 0.2) is 0 Å². The molecule has 1 heterocycles. The van der Waals surface area contributed by atoms with Crippen LogP contribution in [-0.2, 0) is 4.74 Å². The molecule has 2 rings (SSSR count). The smallest absolute Gasteiger partial charge is 0.216 e. The van der Waals surface area contributed by atoms with Gasteiger partial charge in [-0.2, -0.15) is 0 Å². The standard InChI is InChI=1S/C9H8FNO/c10-8-3-1-2-7(6-8)9-11-4-5-12-9/h1-3,6H,4-5H2. The summed E-state index contributed by atoms with van der Waals surface area (Å²) in [5, 5.41) is 0. The van der Waals surface area contributed by atoms with Crippen molar-refractivity contribution in [2.75, 3.05) is 13.2 Å². The number of halogens is 1. The Hall–Kier alpha value is -1.38. The number of aliphatic imine (C=N–C) groups is 1. The van der Waals surface area contributed by atoms with Crippen molar-refractivity contribution in [3.05, 3.63) is 35.6 Å². The van der Waals surface area contributed by atoms with E-state index in [2.05, 4.69) is 4.99 Å². The molecule has 0 unspecified atom stereocenters. The molecule has 0 bridgehead atoms. The molecule has 0 N–H and O–H groups in total. The molecule has 0 fully saturated rings. The number of nitrogens with zero attached hydrogens (tertiary/aromatic N) is 1. The fourth-order valence-corrected chi connectivity index (χ4v) is 1.13. The first-order valence-corrected chi connectivity index (χ1v) is 3.79. The maximum absolute atomic E-state index is 12.7. The van der Waals surface area contributed by atoms with Crippen molar-refractivity contribution in [1.29, 1.82) is 0 Å². The first-order valence-electron chi connectivity index (χ1n) is 3.79. The second-order valence-corrected chi connectivity index (χ2v) is 2.55. The minimum Gasteiger partial charge on any atom is -0.476 e. The largest absolute Gasteiger partial charge is 0.476 e. The van der Waals surface area contributed by atoms with Crippen LogP contribution in [0.15, 0.2) is 29.3 Å². The Kier molecular flexibility index (Phi) is 1.78. The van der Waals surface area contributed by atoms with E-state index in [0.717, 1.165) is 0 Å². The fraction of sp³-hybridized carbons (Fsp3) is 0.222. The molecule has 1 aromatic carbocycles. The summed E-state index contributed by atoms with van der Waals surface area (Å²) in [6.45, 7) is 1.28. The predicted octanol–water partition coefficient (Wildman–Crippen LogP) is 1.60. The molecule has 0 atom stereocenters. The number of benzene rings is 1. The van der Waals surface area contributed by atoms with Crippen molar-refractivity contribution in [2.24, 2.45) is 4.99 Å². The van der Waals surface area contributed by atoms with E-state index in [-0.39, 0.29) is 5.82 Å². The van der Waals surface area contributed by atoms with E-state index >= 15 is 0 Å². The van der Waals surface area contributed by atoms with Crippen LogP contribution in [0.3, 0.4) is 0 Å². The van der Waals surface area contributed by atoms with Crippen LogP contribution in [0, 0.1) is 5.82 Å². The molecule has 12 heavy (non-hydrogen) atoms. The molecule has 2 nitrogen and oxygen atoms in total. The summed E-state index contributed by atoms with van der Waals surface area (Å²) in [7, 11) is 0. The highest BCUT2D eigenvalue weighted by Gasteiger charge is 2.09. The van der Waals surface area contributed by atoms with E-state index in [1.54, 1.807) is 12.1 Å². The lowest BCUT2D eigenvalue weighted by Gasteiger charge is -2.00. The van der Waals surface area contributed by atoms with Crippen LogP contribution in [0.1, 0.15) is 5.56 Å². The molecule has 0 amide bonds. The van der Waals surface area contributed by atoms with E-state index in [1.807, 2.05) is 0 Å². The number of rotatable bonds is 1. The lowest BCUT2D eigenvalue weighted by molar-refractivity contribution is 0.348. The van der Waals surface area contributed by atoms with Gasteiger partial charge in [0.05, 0.1) is 6.54 Å². The van der Waals surface area contributed by atoms with Crippen LogP contribution in [0.25, 0.3) is 0 Å². The Morgan fingerprint density at radius 2 is 2.33 bits per heavy atom. The summed E-state index contributed by atoms with van der Waals surface area (Å²) >= 11 is 0. The third-order valence-electron chi connectivity index (χ3n) is 1.66. The summed E-state index contributed by atoms with van der Waals surface area (Å²) in [6, 6.07) is 6.26. The highest BCUT2D eigenvalue weighted by Crippen LogP contribution is 2.08. The first-order chi connectivity index (χ1) is 5.86. The van der Waals surface area contributed by atoms with Crippen molar-refractivity contribution in [3.8, 4) is 0 Å². The molecular weight excluding hydrogens is 157 g/mol. The van der Waals surface area contributed by atoms with Gasteiger partial charge in [-0.1, -0.05) is 6.07 Å². The molecule has 1 aromatic rings. The first kappa shape index (κ1) is 7.28. The fourth-order valence-electron chi connectivity index (χ4n) is 1.13. The van der Waals surface area contributed by atoms with Crippen molar-refractivity contribution in [1.82, 2.24) is 0 Å². The second-order valence-electron chi connectivity index (χ2n) is 2.55. The Morgan fingerprint density at radius 1 is 1.42 bits per heavy atom. The Morgan fingerprint density at radius 3 is 3.00 bits per heavy atom. The van der Waals surface area contributed by atoms with Crippen LogP contribution in [-0.4, -0.2) is 19.0 Å². The summed E-state index contributed by atoms with van der Waals surface area (Å²) in [5.74, 6) is 0.292. The third kappa shape index (κ3) is 1.30. The van der Waals surface area contributed by atoms with Gasteiger partial charge in [0, 0.05) is 5.56 Å². The van der Waals surface area contributed by atoms with E-state index in [1.165, 1.54) is 12.1 Å². The minimum atomic E-state index is -0.259. The van der Waals surface area contributed by atoms with Gasteiger partial charge in [-0.25, -0.2) is 9.38 Å². The molecule has 0 saturated heterocycles. The van der Waals surface area contributed by atoms with Gasteiger partial charge in [-0.05, 0) is 18.2 Å². The van der Waals surface area contributed by atoms with Crippen LogP contribution < -0.4 is 0 Å². The average molecular weight is 165 g/mol. The topological polar surface area (TPSA) is 21.6 Å². The SMILES string of the molecule is Fc1cccc(C2=NCCO2)c1. The second kappa shape index (κ2) is 2.93. The highest BCUT2D eigenvalue weighted by molar-refractivity contribution is 5.94. The van der Waals surface area contributed by atoms with Gasteiger partial charge >= 0.3 is 0 Å². The van der Waals surface area contributed by atoms with Gasteiger partial charge in [0.2, 0.25) is 5.90 Å². The summed E-state index contributed by atoms with van der Waals surface area (Å²) < 4.78 is 17.9. The van der Waals surface area contributed by atoms with E-state index < -0.39 is 0 Å².